The fraction of sp³-hybridized carbons (Fsp3) is 0.176. The first-order valence-electron chi connectivity index (χ1n) is 7.21. The lowest BCUT2D eigenvalue weighted by Crippen LogP contribution is -2.18. The van der Waals surface area contributed by atoms with E-state index in [0.717, 1.165) is 16.8 Å². The summed E-state index contributed by atoms with van der Waals surface area (Å²) in [6.07, 6.45) is 0. The Balaban J connectivity index is 1.86. The Morgan fingerprint density at radius 3 is 2.78 bits per heavy atom. The van der Waals surface area contributed by atoms with E-state index in [1.54, 1.807) is 12.1 Å². The highest BCUT2D eigenvalue weighted by molar-refractivity contribution is 7.16. The predicted molar refractivity (Wildman–Crippen MR) is 93.0 cm³/mol. The van der Waals surface area contributed by atoms with Gasteiger partial charge < -0.3 is 9.30 Å². The first-order valence-corrected chi connectivity index (χ1v) is 8.41. The minimum Gasteiger partial charge on any atom is -0.484 e. The van der Waals surface area contributed by atoms with E-state index in [4.69, 9.17) is 16.3 Å². The number of benzene rings is 2. The molecule has 23 heavy (non-hydrogen) atoms. The summed E-state index contributed by atoms with van der Waals surface area (Å²) in [7, 11) is 0. The number of carbonyl (C=O) groups is 1. The van der Waals surface area contributed by atoms with Crippen molar-refractivity contribution >= 4 is 39.1 Å². The van der Waals surface area contributed by atoms with E-state index in [1.165, 1.54) is 11.3 Å². The molecular formula is C17H15ClN2O2S. The zero-order valence-electron chi connectivity index (χ0n) is 12.5. The molecule has 0 saturated carbocycles. The fourth-order valence-corrected chi connectivity index (χ4v) is 3.63. The average molecular weight is 347 g/mol. The number of halogens is 1. The van der Waals surface area contributed by atoms with Crippen molar-refractivity contribution in [2.45, 2.75) is 13.5 Å². The molecule has 0 spiro atoms. The maximum Gasteiger partial charge on any atom is 0.286 e. The Labute approximate surface area is 142 Å². The second-order valence-electron chi connectivity index (χ2n) is 4.85. The zero-order valence-corrected chi connectivity index (χ0v) is 14.1. The number of amides is 1. The summed E-state index contributed by atoms with van der Waals surface area (Å²) in [6.45, 7) is 2.67. The van der Waals surface area contributed by atoms with Crippen LogP contribution in [0.1, 0.15) is 6.92 Å². The van der Waals surface area contributed by atoms with Gasteiger partial charge in [-0.2, -0.15) is 4.99 Å². The molecule has 0 aliphatic carbocycles. The second kappa shape index (κ2) is 6.98. The average Bonchev–Trinajstić information content (AvgIpc) is 2.89. The molecule has 0 aliphatic heterocycles. The van der Waals surface area contributed by atoms with E-state index in [2.05, 4.69) is 4.99 Å². The number of hydrogen-bond acceptors (Lipinski definition) is 3. The molecule has 0 saturated heterocycles. The van der Waals surface area contributed by atoms with E-state index < -0.39 is 0 Å². The van der Waals surface area contributed by atoms with Crippen molar-refractivity contribution in [3.63, 3.8) is 0 Å². The first kappa shape index (κ1) is 15.8. The fourth-order valence-electron chi connectivity index (χ4n) is 2.24. The smallest absolute Gasteiger partial charge is 0.286 e. The summed E-state index contributed by atoms with van der Waals surface area (Å²) in [5.74, 6) is 0.344. The summed E-state index contributed by atoms with van der Waals surface area (Å²) in [5.41, 5.74) is 1.03. The van der Waals surface area contributed by atoms with Crippen LogP contribution in [0.3, 0.4) is 0 Å². The van der Waals surface area contributed by atoms with Gasteiger partial charge in [-0.25, -0.2) is 0 Å². The van der Waals surface area contributed by atoms with E-state index >= 15 is 0 Å². The molecular weight excluding hydrogens is 332 g/mol. The van der Waals surface area contributed by atoms with Crippen LogP contribution in [0.4, 0.5) is 0 Å². The van der Waals surface area contributed by atoms with Crippen molar-refractivity contribution in [3.8, 4) is 5.75 Å². The van der Waals surface area contributed by atoms with Crippen LogP contribution in [-0.4, -0.2) is 17.1 Å². The number of nitrogens with zero attached hydrogens (tertiary/aromatic N) is 2. The third-order valence-corrected chi connectivity index (χ3v) is 4.56. The highest BCUT2D eigenvalue weighted by atomic mass is 35.5. The van der Waals surface area contributed by atoms with Crippen LogP contribution in [-0.2, 0) is 11.3 Å². The Bertz CT molecular complexity index is 900. The molecule has 4 nitrogen and oxygen atoms in total. The van der Waals surface area contributed by atoms with Crippen LogP contribution >= 0.6 is 22.9 Å². The molecule has 1 aromatic heterocycles. The summed E-state index contributed by atoms with van der Waals surface area (Å²) in [6, 6.07) is 14.9. The molecule has 3 aromatic rings. The Morgan fingerprint density at radius 1 is 1.26 bits per heavy atom. The van der Waals surface area contributed by atoms with Crippen molar-refractivity contribution < 1.29 is 9.53 Å². The van der Waals surface area contributed by atoms with Crippen LogP contribution in [0, 0.1) is 0 Å². The molecule has 0 radical (unpaired) electrons. The molecule has 1 amide bonds. The lowest BCUT2D eigenvalue weighted by molar-refractivity contribution is -0.120. The lowest BCUT2D eigenvalue weighted by Gasteiger charge is -2.02. The monoisotopic (exact) mass is 346 g/mol. The Morgan fingerprint density at radius 2 is 2.04 bits per heavy atom. The van der Waals surface area contributed by atoms with Gasteiger partial charge in [-0.05, 0) is 37.3 Å². The highest BCUT2D eigenvalue weighted by Gasteiger charge is 2.07. The van der Waals surface area contributed by atoms with Crippen LogP contribution < -0.4 is 9.54 Å². The number of thiazole rings is 1. The van der Waals surface area contributed by atoms with Gasteiger partial charge in [0.1, 0.15) is 5.75 Å². The van der Waals surface area contributed by atoms with Crippen LogP contribution in [0.5, 0.6) is 5.75 Å². The lowest BCUT2D eigenvalue weighted by atomic mass is 10.3. The molecule has 0 bridgehead atoms. The van der Waals surface area contributed by atoms with Crippen molar-refractivity contribution in [2.24, 2.45) is 4.99 Å². The molecule has 6 heteroatoms. The molecule has 3 rings (SSSR count). The molecule has 1 heterocycles. The summed E-state index contributed by atoms with van der Waals surface area (Å²) in [5, 5.41) is 0.673. The summed E-state index contributed by atoms with van der Waals surface area (Å²) in [4.78, 5) is 16.9. The number of para-hydroxylation sites is 1. The van der Waals surface area contributed by atoms with Gasteiger partial charge in [-0.3, -0.25) is 4.79 Å². The van der Waals surface area contributed by atoms with Crippen LogP contribution in [0.15, 0.2) is 53.5 Å². The predicted octanol–water partition coefficient (Wildman–Crippen LogP) is 3.88. The van der Waals surface area contributed by atoms with Gasteiger partial charge in [0, 0.05) is 11.6 Å². The number of rotatable bonds is 4. The quantitative estimate of drug-likeness (QED) is 0.719. The van der Waals surface area contributed by atoms with Crippen LogP contribution in [0.2, 0.25) is 5.02 Å². The Kier molecular flexibility index (Phi) is 4.79. The maximum atomic E-state index is 12.1. The minimum absolute atomic E-state index is 0.0806. The van der Waals surface area contributed by atoms with E-state index in [-0.39, 0.29) is 12.5 Å². The van der Waals surface area contributed by atoms with Crippen LogP contribution in [0.25, 0.3) is 10.2 Å². The third kappa shape index (κ3) is 3.63. The van der Waals surface area contributed by atoms with Crippen molar-refractivity contribution in [1.29, 1.82) is 0 Å². The SMILES string of the molecule is CCn1c(=NC(=O)COc2ccccc2)sc2cc(Cl)ccc21. The number of fused-ring (bicyclic) bond motifs is 1. The third-order valence-electron chi connectivity index (χ3n) is 3.29. The molecule has 118 valence electrons. The van der Waals surface area contributed by atoms with Gasteiger partial charge in [0.05, 0.1) is 10.2 Å². The number of ether oxygens (including phenoxy) is 1. The Hall–Kier alpha value is -2.11. The van der Waals surface area contributed by atoms with Crippen molar-refractivity contribution in [3.05, 3.63) is 58.4 Å². The van der Waals surface area contributed by atoms with Gasteiger partial charge in [0.2, 0.25) is 0 Å². The van der Waals surface area contributed by atoms with Gasteiger partial charge in [0.25, 0.3) is 5.91 Å². The van der Waals surface area contributed by atoms with E-state index in [1.807, 2.05) is 47.9 Å². The highest BCUT2D eigenvalue weighted by Crippen LogP contribution is 2.21. The number of aryl methyl sites for hydroxylation is 1. The molecule has 0 atom stereocenters. The summed E-state index contributed by atoms with van der Waals surface area (Å²) < 4.78 is 8.44. The number of carbonyl (C=O) groups excluding carboxylic acids is 1. The summed E-state index contributed by atoms with van der Waals surface area (Å²) >= 11 is 7.47. The largest absolute Gasteiger partial charge is 0.484 e. The maximum absolute atomic E-state index is 12.1. The van der Waals surface area contributed by atoms with Gasteiger partial charge in [0.15, 0.2) is 11.4 Å². The number of hydrogen-bond donors (Lipinski definition) is 0. The topological polar surface area (TPSA) is 43.6 Å². The standard InChI is InChI=1S/C17H15ClN2O2S/c1-2-20-14-9-8-12(18)10-15(14)23-17(20)19-16(21)11-22-13-6-4-3-5-7-13/h3-10H,2,11H2,1H3. The van der Waals surface area contributed by atoms with Crippen molar-refractivity contribution in [1.82, 2.24) is 4.57 Å². The van der Waals surface area contributed by atoms with Gasteiger partial charge in [-0.15, -0.1) is 0 Å². The molecule has 0 N–H and O–H groups in total. The number of aromatic nitrogens is 1. The van der Waals surface area contributed by atoms with E-state index in [9.17, 15) is 4.79 Å². The molecule has 2 aromatic carbocycles. The van der Waals surface area contributed by atoms with Crippen molar-refractivity contribution in [2.75, 3.05) is 6.61 Å². The molecule has 0 aliphatic rings. The van der Waals surface area contributed by atoms with E-state index in [0.29, 0.717) is 15.6 Å². The first-order chi connectivity index (χ1) is 11.2. The van der Waals surface area contributed by atoms with Gasteiger partial charge >= 0.3 is 0 Å². The van der Waals surface area contributed by atoms with Gasteiger partial charge in [-0.1, -0.05) is 41.1 Å². The molecule has 0 unspecified atom stereocenters. The minimum atomic E-state index is -0.311. The second-order valence-corrected chi connectivity index (χ2v) is 6.29. The normalized spacial score (nSPS) is 11.8. The molecule has 0 fully saturated rings. The zero-order chi connectivity index (χ0) is 16.2.